The number of nitrogens with two attached hydrogens (primary N) is 1. The number of Topliss-reactive ketones (excluding diaryl/α,β-unsaturated/α-hetero) is 1. The van der Waals surface area contributed by atoms with Crippen molar-refractivity contribution in [2.75, 3.05) is 6.61 Å². The van der Waals surface area contributed by atoms with Crippen LogP contribution in [-0.4, -0.2) is 35.4 Å². The summed E-state index contributed by atoms with van der Waals surface area (Å²) in [6.45, 7) is 7.93. The first kappa shape index (κ1) is 18.4. The van der Waals surface area contributed by atoms with E-state index in [1.165, 1.54) is 11.8 Å². The maximum absolute atomic E-state index is 13.2. The summed E-state index contributed by atoms with van der Waals surface area (Å²) in [4.78, 5) is 34.2. The van der Waals surface area contributed by atoms with Crippen molar-refractivity contribution in [2.24, 2.45) is 21.6 Å². The Morgan fingerprint density at radius 3 is 2.58 bits per heavy atom. The SMILES string of the molecule is CCOC(=O)C1=CC2C(=NC(N)=NC2C(=O)c2cc(C)c(C)cc2C)S1. The summed E-state index contributed by atoms with van der Waals surface area (Å²) >= 11 is 1.20. The average molecular weight is 371 g/mol. The third-order valence-electron chi connectivity index (χ3n) is 4.52. The topological polar surface area (TPSA) is 94.1 Å². The van der Waals surface area contributed by atoms with Gasteiger partial charge in [0.25, 0.3) is 0 Å². The number of guanidine groups is 1. The lowest BCUT2D eigenvalue weighted by Gasteiger charge is -2.22. The molecule has 0 amide bonds. The molecule has 3 rings (SSSR count). The molecule has 0 saturated carbocycles. The number of aryl methyl sites for hydroxylation is 3. The Bertz CT molecular complexity index is 886. The first-order chi connectivity index (χ1) is 12.3. The number of fused-ring (bicyclic) bond motifs is 1. The Morgan fingerprint density at radius 1 is 1.19 bits per heavy atom. The number of ketones is 1. The number of nitrogens with zero attached hydrogens (tertiary/aromatic N) is 2. The summed E-state index contributed by atoms with van der Waals surface area (Å²) in [7, 11) is 0. The van der Waals surface area contributed by atoms with Gasteiger partial charge in [0.15, 0.2) is 5.78 Å². The molecule has 0 bridgehead atoms. The molecule has 7 heteroatoms. The van der Waals surface area contributed by atoms with Gasteiger partial charge in [-0.2, -0.15) is 0 Å². The highest BCUT2D eigenvalue weighted by molar-refractivity contribution is 8.18. The Hall–Kier alpha value is -2.41. The van der Waals surface area contributed by atoms with Crippen LogP contribution in [0.1, 0.15) is 34.0 Å². The van der Waals surface area contributed by atoms with E-state index < -0.39 is 12.0 Å². The van der Waals surface area contributed by atoms with E-state index in [2.05, 4.69) is 9.98 Å². The van der Waals surface area contributed by atoms with Crippen molar-refractivity contribution in [3.63, 3.8) is 0 Å². The van der Waals surface area contributed by atoms with E-state index in [1.807, 2.05) is 32.9 Å². The minimum atomic E-state index is -0.720. The molecule has 1 aromatic carbocycles. The maximum atomic E-state index is 13.2. The van der Waals surface area contributed by atoms with Gasteiger partial charge in [-0.3, -0.25) is 4.79 Å². The first-order valence-electron chi connectivity index (χ1n) is 8.42. The third-order valence-corrected chi connectivity index (χ3v) is 5.61. The van der Waals surface area contributed by atoms with Crippen LogP contribution in [0.4, 0.5) is 0 Å². The normalized spacial score (nSPS) is 21.5. The number of aliphatic imine (C=N–C) groups is 2. The van der Waals surface area contributed by atoms with Crippen LogP contribution >= 0.6 is 11.8 Å². The van der Waals surface area contributed by atoms with E-state index in [0.29, 0.717) is 15.5 Å². The molecule has 2 heterocycles. The molecule has 0 aromatic heterocycles. The number of thioether (sulfide) groups is 1. The van der Waals surface area contributed by atoms with Gasteiger partial charge in [-0.15, -0.1) is 0 Å². The fourth-order valence-corrected chi connectivity index (χ4v) is 4.11. The van der Waals surface area contributed by atoms with E-state index in [-0.39, 0.29) is 24.3 Å². The van der Waals surface area contributed by atoms with Gasteiger partial charge in [0.05, 0.1) is 22.5 Å². The van der Waals surface area contributed by atoms with E-state index in [4.69, 9.17) is 10.5 Å². The van der Waals surface area contributed by atoms with Crippen LogP contribution in [0.2, 0.25) is 0 Å². The molecule has 2 atom stereocenters. The maximum Gasteiger partial charge on any atom is 0.344 e. The fraction of sp³-hybridized carbons (Fsp3) is 0.368. The number of ether oxygens (including phenoxy) is 1. The van der Waals surface area contributed by atoms with Crippen molar-refractivity contribution in [1.82, 2.24) is 0 Å². The molecule has 6 nitrogen and oxygen atoms in total. The number of esters is 1. The molecule has 2 N–H and O–H groups in total. The number of carbonyl (C=O) groups is 2. The van der Waals surface area contributed by atoms with E-state index in [0.717, 1.165) is 16.7 Å². The molecule has 2 unspecified atom stereocenters. The van der Waals surface area contributed by atoms with Crippen molar-refractivity contribution in [2.45, 2.75) is 33.7 Å². The zero-order valence-corrected chi connectivity index (χ0v) is 16.0. The van der Waals surface area contributed by atoms with Crippen molar-refractivity contribution in [3.05, 3.63) is 45.4 Å². The molecule has 1 aromatic rings. The summed E-state index contributed by atoms with van der Waals surface area (Å²) < 4.78 is 5.05. The molecule has 0 aliphatic carbocycles. The highest BCUT2D eigenvalue weighted by Gasteiger charge is 2.40. The molecule has 2 aliphatic heterocycles. The Kier molecular flexibility index (Phi) is 5.00. The average Bonchev–Trinajstić information content (AvgIpc) is 3.01. The highest BCUT2D eigenvalue weighted by atomic mass is 32.2. The summed E-state index contributed by atoms with van der Waals surface area (Å²) in [5.41, 5.74) is 9.53. The molecular weight excluding hydrogens is 350 g/mol. The van der Waals surface area contributed by atoms with Crippen LogP contribution in [0.3, 0.4) is 0 Å². The number of rotatable bonds is 4. The lowest BCUT2D eigenvalue weighted by molar-refractivity contribution is -0.137. The molecule has 0 spiro atoms. The van der Waals surface area contributed by atoms with Crippen molar-refractivity contribution in [1.29, 1.82) is 0 Å². The summed E-state index contributed by atoms with van der Waals surface area (Å²) in [6.07, 6.45) is 1.72. The van der Waals surface area contributed by atoms with Gasteiger partial charge in [0.1, 0.15) is 6.04 Å². The summed E-state index contributed by atoms with van der Waals surface area (Å²) in [6, 6.07) is 3.17. The van der Waals surface area contributed by atoms with Crippen molar-refractivity contribution >= 4 is 34.5 Å². The number of carbonyl (C=O) groups excluding carboxylic acids is 2. The van der Waals surface area contributed by atoms with Crippen LogP contribution in [0, 0.1) is 26.7 Å². The van der Waals surface area contributed by atoms with Crippen LogP contribution in [0.25, 0.3) is 0 Å². The van der Waals surface area contributed by atoms with Gasteiger partial charge in [0.2, 0.25) is 5.96 Å². The van der Waals surface area contributed by atoms with Crippen LogP contribution in [0.15, 0.2) is 33.1 Å². The molecule has 0 saturated heterocycles. The predicted octanol–water partition coefficient (Wildman–Crippen LogP) is 2.70. The van der Waals surface area contributed by atoms with Crippen LogP contribution < -0.4 is 5.73 Å². The second-order valence-corrected chi connectivity index (χ2v) is 7.44. The minimum absolute atomic E-state index is 0.0575. The number of benzene rings is 1. The summed E-state index contributed by atoms with van der Waals surface area (Å²) in [5.74, 6) is -0.864. The predicted molar refractivity (Wildman–Crippen MR) is 104 cm³/mol. The van der Waals surface area contributed by atoms with Gasteiger partial charge in [-0.1, -0.05) is 23.9 Å². The second kappa shape index (κ2) is 7.07. The zero-order chi connectivity index (χ0) is 19.0. The molecule has 0 fully saturated rings. The molecule has 136 valence electrons. The zero-order valence-electron chi connectivity index (χ0n) is 15.2. The largest absolute Gasteiger partial charge is 0.462 e. The highest BCUT2D eigenvalue weighted by Crippen LogP contribution is 2.38. The fourth-order valence-electron chi connectivity index (χ4n) is 3.06. The monoisotopic (exact) mass is 371 g/mol. The van der Waals surface area contributed by atoms with Gasteiger partial charge in [-0.05, 0) is 50.5 Å². The Balaban J connectivity index is 1.96. The first-order valence-corrected chi connectivity index (χ1v) is 9.24. The lowest BCUT2D eigenvalue weighted by atomic mass is 9.89. The standard InChI is InChI=1S/C19H21N3O3S/c1-5-25-18(24)14-8-13-15(21-19(20)22-17(13)26-14)16(23)12-7-10(3)9(2)6-11(12)4/h6-8,13,15H,5H2,1-4H3,(H2,20,21). The van der Waals surface area contributed by atoms with E-state index >= 15 is 0 Å². The van der Waals surface area contributed by atoms with Gasteiger partial charge in [0, 0.05) is 5.56 Å². The Labute approximate surface area is 156 Å². The Morgan fingerprint density at radius 2 is 1.88 bits per heavy atom. The summed E-state index contributed by atoms with van der Waals surface area (Å²) in [5, 5.41) is 0.611. The lowest BCUT2D eigenvalue weighted by Crippen LogP contribution is -2.36. The van der Waals surface area contributed by atoms with Crippen LogP contribution in [0.5, 0.6) is 0 Å². The number of hydrogen-bond donors (Lipinski definition) is 1. The van der Waals surface area contributed by atoms with Crippen molar-refractivity contribution in [3.8, 4) is 0 Å². The van der Waals surface area contributed by atoms with E-state index in [1.54, 1.807) is 13.0 Å². The minimum Gasteiger partial charge on any atom is -0.462 e. The van der Waals surface area contributed by atoms with Crippen LogP contribution in [-0.2, 0) is 9.53 Å². The van der Waals surface area contributed by atoms with E-state index in [9.17, 15) is 9.59 Å². The number of hydrogen-bond acceptors (Lipinski definition) is 7. The van der Waals surface area contributed by atoms with Crippen molar-refractivity contribution < 1.29 is 14.3 Å². The molecule has 0 radical (unpaired) electrons. The molecular formula is C19H21N3O3S. The van der Waals surface area contributed by atoms with Gasteiger partial charge >= 0.3 is 5.97 Å². The quantitative estimate of drug-likeness (QED) is 0.649. The molecule has 2 aliphatic rings. The van der Waals surface area contributed by atoms with Gasteiger partial charge in [-0.25, -0.2) is 14.8 Å². The third kappa shape index (κ3) is 3.31. The van der Waals surface area contributed by atoms with Gasteiger partial charge < -0.3 is 10.5 Å². The second-order valence-electron chi connectivity index (χ2n) is 6.38. The smallest absolute Gasteiger partial charge is 0.344 e. The molecule has 26 heavy (non-hydrogen) atoms.